The molecular formula is C22H20N4O2S. The minimum Gasteiger partial charge on any atom is -0.355 e. The minimum atomic E-state index is -0.0557. The first-order chi connectivity index (χ1) is 14.3. The van der Waals surface area contributed by atoms with E-state index in [4.69, 9.17) is 4.52 Å². The molecule has 0 saturated carbocycles. The van der Waals surface area contributed by atoms with Gasteiger partial charge in [0.25, 0.3) is 5.91 Å². The van der Waals surface area contributed by atoms with Crippen LogP contribution in [0.15, 0.2) is 64.6 Å². The van der Waals surface area contributed by atoms with E-state index >= 15 is 0 Å². The van der Waals surface area contributed by atoms with Crippen LogP contribution in [-0.2, 0) is 0 Å². The Labute approximate surface area is 172 Å². The van der Waals surface area contributed by atoms with Crippen LogP contribution >= 0.6 is 11.3 Å². The Morgan fingerprint density at radius 2 is 1.97 bits per heavy atom. The van der Waals surface area contributed by atoms with Crippen molar-refractivity contribution in [1.29, 1.82) is 0 Å². The van der Waals surface area contributed by atoms with Crippen LogP contribution < -0.4 is 10.2 Å². The Morgan fingerprint density at radius 1 is 1.14 bits per heavy atom. The van der Waals surface area contributed by atoms with Gasteiger partial charge in [-0.15, -0.1) is 11.3 Å². The molecule has 0 bridgehead atoms. The van der Waals surface area contributed by atoms with Crippen LogP contribution in [-0.4, -0.2) is 35.2 Å². The topological polar surface area (TPSA) is 71.3 Å². The van der Waals surface area contributed by atoms with Crippen molar-refractivity contribution in [3.63, 3.8) is 0 Å². The molecule has 4 aromatic rings. The fourth-order valence-corrected chi connectivity index (χ4v) is 4.43. The summed E-state index contributed by atoms with van der Waals surface area (Å²) >= 11 is 1.66. The lowest BCUT2D eigenvalue weighted by Crippen LogP contribution is -2.44. The number of aromatic nitrogens is 2. The average Bonchev–Trinajstić information content (AvgIpc) is 3.45. The number of hydrogen-bond acceptors (Lipinski definition) is 6. The Hall–Kier alpha value is -3.19. The van der Waals surface area contributed by atoms with Gasteiger partial charge in [0.15, 0.2) is 10.9 Å². The second kappa shape index (κ2) is 7.67. The first-order valence-electron chi connectivity index (χ1n) is 9.68. The first-order valence-corrected chi connectivity index (χ1v) is 10.6. The molecular weight excluding hydrogens is 384 g/mol. The third-order valence-corrected chi connectivity index (χ3v) is 6.13. The van der Waals surface area contributed by atoms with Gasteiger partial charge in [-0.1, -0.05) is 35.5 Å². The number of anilines is 1. The number of benzene rings is 2. The van der Waals surface area contributed by atoms with Gasteiger partial charge in [-0.25, -0.2) is 4.98 Å². The van der Waals surface area contributed by atoms with Gasteiger partial charge in [-0.05, 0) is 31.0 Å². The van der Waals surface area contributed by atoms with Crippen LogP contribution in [0.25, 0.3) is 22.2 Å². The summed E-state index contributed by atoms with van der Waals surface area (Å²) in [5, 5.41) is 11.2. The van der Waals surface area contributed by atoms with E-state index in [1.807, 2.05) is 54.0 Å². The van der Waals surface area contributed by atoms with Crippen LogP contribution in [0.1, 0.15) is 23.2 Å². The minimum absolute atomic E-state index is 0.0557. The fraction of sp³-hybridized carbons (Fsp3) is 0.227. The fourth-order valence-electron chi connectivity index (χ4n) is 3.74. The third kappa shape index (κ3) is 3.61. The van der Waals surface area contributed by atoms with E-state index in [0.29, 0.717) is 11.3 Å². The molecule has 146 valence electrons. The van der Waals surface area contributed by atoms with Crippen molar-refractivity contribution in [2.75, 3.05) is 18.0 Å². The predicted molar refractivity (Wildman–Crippen MR) is 114 cm³/mol. The van der Waals surface area contributed by atoms with Gasteiger partial charge in [0.05, 0.1) is 5.39 Å². The van der Waals surface area contributed by atoms with Crippen molar-refractivity contribution in [3.05, 3.63) is 65.7 Å². The number of carbonyl (C=O) groups excluding carboxylic acids is 1. The number of fused-ring (bicyclic) bond motifs is 1. The molecule has 5 rings (SSSR count). The molecule has 0 spiro atoms. The largest absolute Gasteiger partial charge is 0.355 e. The Balaban J connectivity index is 1.30. The van der Waals surface area contributed by atoms with Crippen molar-refractivity contribution in [3.8, 4) is 11.3 Å². The zero-order valence-corrected chi connectivity index (χ0v) is 16.6. The average molecular weight is 404 g/mol. The zero-order chi connectivity index (χ0) is 19.6. The van der Waals surface area contributed by atoms with Gasteiger partial charge in [0, 0.05) is 41.8 Å². The standard InChI is InChI=1S/C22H20N4O2S/c27-21(24-17-8-11-26(12-9-17)22-23-10-13-29-22)16-6-7-19-18(14-16)20(28-25-19)15-4-2-1-3-5-15/h1-7,10,13-14,17H,8-9,11-12H2,(H,24,27). The van der Waals surface area contributed by atoms with Gasteiger partial charge in [0.2, 0.25) is 0 Å². The summed E-state index contributed by atoms with van der Waals surface area (Å²) in [7, 11) is 0. The summed E-state index contributed by atoms with van der Waals surface area (Å²) in [4.78, 5) is 19.5. The lowest BCUT2D eigenvalue weighted by Gasteiger charge is -2.32. The highest BCUT2D eigenvalue weighted by molar-refractivity contribution is 7.13. The number of carbonyl (C=O) groups is 1. The second-order valence-corrected chi connectivity index (χ2v) is 8.03. The molecule has 3 heterocycles. The van der Waals surface area contributed by atoms with Gasteiger partial charge in [-0.2, -0.15) is 0 Å². The smallest absolute Gasteiger partial charge is 0.251 e. The molecule has 0 atom stereocenters. The summed E-state index contributed by atoms with van der Waals surface area (Å²) in [5.74, 6) is 0.631. The predicted octanol–water partition coefficient (Wildman–Crippen LogP) is 4.35. The van der Waals surface area contributed by atoms with E-state index < -0.39 is 0 Å². The van der Waals surface area contributed by atoms with E-state index in [9.17, 15) is 4.79 Å². The van der Waals surface area contributed by atoms with Crippen molar-refractivity contribution < 1.29 is 9.32 Å². The summed E-state index contributed by atoms with van der Waals surface area (Å²) in [5.41, 5.74) is 2.32. The number of nitrogens with one attached hydrogen (secondary N) is 1. The van der Waals surface area contributed by atoms with E-state index in [1.54, 1.807) is 17.4 Å². The SMILES string of the molecule is O=C(NC1CCN(c2nccs2)CC1)c1ccc2noc(-c3ccccc3)c2c1. The molecule has 7 heteroatoms. The quantitative estimate of drug-likeness (QED) is 0.548. The highest BCUT2D eigenvalue weighted by Crippen LogP contribution is 2.29. The molecule has 1 aliphatic rings. The maximum atomic E-state index is 12.9. The normalized spacial score (nSPS) is 15.0. The zero-order valence-electron chi connectivity index (χ0n) is 15.7. The molecule has 2 aromatic carbocycles. The summed E-state index contributed by atoms with van der Waals surface area (Å²) in [6.45, 7) is 1.81. The Kier molecular flexibility index (Phi) is 4.73. The number of nitrogens with zero attached hydrogens (tertiary/aromatic N) is 3. The van der Waals surface area contributed by atoms with E-state index in [-0.39, 0.29) is 11.9 Å². The van der Waals surface area contributed by atoms with Crippen LogP contribution in [0.4, 0.5) is 5.13 Å². The van der Waals surface area contributed by atoms with Crippen molar-refractivity contribution in [2.24, 2.45) is 0 Å². The monoisotopic (exact) mass is 404 g/mol. The maximum Gasteiger partial charge on any atom is 0.251 e. The van der Waals surface area contributed by atoms with E-state index in [1.165, 1.54) is 0 Å². The molecule has 29 heavy (non-hydrogen) atoms. The Bertz CT molecular complexity index is 1120. The van der Waals surface area contributed by atoms with E-state index in [0.717, 1.165) is 47.5 Å². The highest BCUT2D eigenvalue weighted by atomic mass is 32.1. The molecule has 1 amide bonds. The van der Waals surface area contributed by atoms with Crippen LogP contribution in [0.5, 0.6) is 0 Å². The number of hydrogen-bond donors (Lipinski definition) is 1. The number of amides is 1. The second-order valence-electron chi connectivity index (χ2n) is 7.16. The molecule has 2 aromatic heterocycles. The summed E-state index contributed by atoms with van der Waals surface area (Å²) in [6, 6.07) is 15.5. The molecule has 1 fully saturated rings. The van der Waals surface area contributed by atoms with Gasteiger partial charge < -0.3 is 14.7 Å². The number of piperidine rings is 1. The molecule has 1 saturated heterocycles. The van der Waals surface area contributed by atoms with Gasteiger partial charge >= 0.3 is 0 Å². The lowest BCUT2D eigenvalue weighted by molar-refractivity contribution is 0.0931. The van der Waals surface area contributed by atoms with Crippen LogP contribution in [0.2, 0.25) is 0 Å². The molecule has 0 aliphatic carbocycles. The van der Waals surface area contributed by atoms with Crippen molar-refractivity contribution in [1.82, 2.24) is 15.5 Å². The molecule has 0 unspecified atom stereocenters. The van der Waals surface area contributed by atoms with Crippen LogP contribution in [0, 0.1) is 0 Å². The summed E-state index contributed by atoms with van der Waals surface area (Å²) < 4.78 is 5.54. The maximum absolute atomic E-state index is 12.9. The number of thiazole rings is 1. The van der Waals surface area contributed by atoms with Crippen molar-refractivity contribution in [2.45, 2.75) is 18.9 Å². The van der Waals surface area contributed by atoms with Gasteiger partial charge in [0.1, 0.15) is 5.52 Å². The third-order valence-electron chi connectivity index (χ3n) is 5.29. The molecule has 6 nitrogen and oxygen atoms in total. The number of rotatable bonds is 4. The van der Waals surface area contributed by atoms with Crippen LogP contribution in [0.3, 0.4) is 0 Å². The van der Waals surface area contributed by atoms with Crippen molar-refractivity contribution >= 4 is 33.3 Å². The Morgan fingerprint density at radius 3 is 2.72 bits per heavy atom. The van der Waals surface area contributed by atoms with Gasteiger partial charge in [-0.3, -0.25) is 4.79 Å². The molecule has 1 N–H and O–H groups in total. The molecule has 0 radical (unpaired) electrons. The highest BCUT2D eigenvalue weighted by Gasteiger charge is 2.23. The molecule has 1 aliphatic heterocycles. The van der Waals surface area contributed by atoms with E-state index in [2.05, 4.69) is 20.4 Å². The summed E-state index contributed by atoms with van der Waals surface area (Å²) in [6.07, 6.45) is 3.66. The lowest BCUT2D eigenvalue weighted by atomic mass is 10.0. The first kappa shape index (κ1) is 17.9.